The highest BCUT2D eigenvalue weighted by Crippen LogP contribution is 2.05. The molecule has 0 aliphatic carbocycles. The number of amides is 1. The molecule has 1 aromatic carbocycles. The largest absolute Gasteiger partial charge is 0.348 e. The number of carbonyl (C=O) groups excluding carboxylic acids is 1. The minimum atomic E-state index is -0.155. The van der Waals surface area contributed by atoms with E-state index in [1.165, 1.54) is 6.20 Å². The lowest BCUT2D eigenvalue weighted by atomic mass is 10.2. The standard InChI is InChI=1S/C13H14N4O/c14-17-12-8-11(6-7-15-12)13(18)16-9-10-4-2-1-3-5-10/h1-8H,9,14H2,(H,15,17)(H,16,18). The number of aromatic nitrogens is 1. The fraction of sp³-hybridized carbons (Fsp3) is 0.0769. The molecule has 1 aromatic heterocycles. The Balaban J connectivity index is 1.99. The molecule has 2 aromatic rings. The number of rotatable bonds is 4. The number of anilines is 1. The van der Waals surface area contributed by atoms with E-state index >= 15 is 0 Å². The third-order valence-electron chi connectivity index (χ3n) is 2.47. The highest BCUT2D eigenvalue weighted by Gasteiger charge is 2.05. The first-order chi connectivity index (χ1) is 8.79. The first-order valence-corrected chi connectivity index (χ1v) is 5.54. The molecular weight excluding hydrogens is 228 g/mol. The molecule has 0 fully saturated rings. The maximum Gasteiger partial charge on any atom is 0.251 e. The number of benzene rings is 1. The monoisotopic (exact) mass is 242 g/mol. The second-order valence-corrected chi connectivity index (χ2v) is 3.74. The van der Waals surface area contributed by atoms with Gasteiger partial charge in [-0.25, -0.2) is 10.8 Å². The van der Waals surface area contributed by atoms with Crippen LogP contribution in [0.15, 0.2) is 48.7 Å². The van der Waals surface area contributed by atoms with Crippen LogP contribution >= 0.6 is 0 Å². The summed E-state index contributed by atoms with van der Waals surface area (Å²) >= 11 is 0. The van der Waals surface area contributed by atoms with Gasteiger partial charge in [-0.2, -0.15) is 0 Å². The molecule has 0 aliphatic heterocycles. The van der Waals surface area contributed by atoms with E-state index in [1.807, 2.05) is 30.3 Å². The Bertz CT molecular complexity index is 528. The van der Waals surface area contributed by atoms with E-state index in [1.54, 1.807) is 12.1 Å². The second kappa shape index (κ2) is 5.79. The first kappa shape index (κ1) is 12.1. The molecular formula is C13H14N4O. The van der Waals surface area contributed by atoms with Crippen LogP contribution in [0.1, 0.15) is 15.9 Å². The quantitative estimate of drug-likeness (QED) is 0.557. The summed E-state index contributed by atoms with van der Waals surface area (Å²) in [6.45, 7) is 0.493. The van der Waals surface area contributed by atoms with Gasteiger partial charge in [0.1, 0.15) is 5.82 Å². The minimum Gasteiger partial charge on any atom is -0.348 e. The Hall–Kier alpha value is -2.40. The number of hydrogen-bond acceptors (Lipinski definition) is 4. The van der Waals surface area contributed by atoms with Gasteiger partial charge in [-0.1, -0.05) is 30.3 Å². The molecule has 18 heavy (non-hydrogen) atoms. The first-order valence-electron chi connectivity index (χ1n) is 5.54. The highest BCUT2D eigenvalue weighted by molar-refractivity contribution is 5.94. The zero-order valence-electron chi connectivity index (χ0n) is 9.76. The van der Waals surface area contributed by atoms with Crippen molar-refractivity contribution in [1.29, 1.82) is 0 Å². The summed E-state index contributed by atoms with van der Waals surface area (Å²) in [6, 6.07) is 13.0. The van der Waals surface area contributed by atoms with E-state index in [2.05, 4.69) is 15.7 Å². The van der Waals surface area contributed by atoms with Crippen LogP contribution in [-0.4, -0.2) is 10.9 Å². The van der Waals surface area contributed by atoms with Crippen LogP contribution in [0, 0.1) is 0 Å². The van der Waals surface area contributed by atoms with Crippen molar-refractivity contribution in [3.05, 3.63) is 59.8 Å². The van der Waals surface area contributed by atoms with Crippen molar-refractivity contribution in [3.8, 4) is 0 Å². The number of pyridine rings is 1. The summed E-state index contributed by atoms with van der Waals surface area (Å²) in [5, 5.41) is 2.83. The SMILES string of the molecule is NNc1cc(C(=O)NCc2ccccc2)ccn1. The molecule has 0 bridgehead atoms. The maximum absolute atomic E-state index is 11.9. The molecule has 2 rings (SSSR count). The van der Waals surface area contributed by atoms with Gasteiger partial charge in [0.05, 0.1) is 0 Å². The van der Waals surface area contributed by atoms with Crippen LogP contribution < -0.4 is 16.6 Å². The number of hydrogen-bond donors (Lipinski definition) is 3. The normalized spacial score (nSPS) is 9.83. The molecule has 0 radical (unpaired) electrons. The molecule has 0 atom stereocenters. The van der Waals surface area contributed by atoms with Gasteiger partial charge in [-0.05, 0) is 17.7 Å². The van der Waals surface area contributed by atoms with Crippen LogP contribution in [0.25, 0.3) is 0 Å². The molecule has 5 nitrogen and oxygen atoms in total. The van der Waals surface area contributed by atoms with Gasteiger partial charge in [0.2, 0.25) is 0 Å². The van der Waals surface area contributed by atoms with E-state index < -0.39 is 0 Å². The third kappa shape index (κ3) is 3.05. The van der Waals surface area contributed by atoms with Gasteiger partial charge < -0.3 is 10.7 Å². The van der Waals surface area contributed by atoms with Crippen molar-refractivity contribution in [2.75, 3.05) is 5.43 Å². The lowest BCUT2D eigenvalue weighted by Crippen LogP contribution is -2.23. The predicted octanol–water partition coefficient (Wildman–Crippen LogP) is 1.30. The van der Waals surface area contributed by atoms with E-state index in [0.717, 1.165) is 5.56 Å². The number of nitrogen functional groups attached to an aromatic ring is 1. The number of carbonyl (C=O) groups is 1. The van der Waals surface area contributed by atoms with Crippen molar-refractivity contribution in [1.82, 2.24) is 10.3 Å². The maximum atomic E-state index is 11.9. The summed E-state index contributed by atoms with van der Waals surface area (Å²) < 4.78 is 0. The topological polar surface area (TPSA) is 80.0 Å². The van der Waals surface area contributed by atoms with Gasteiger partial charge in [-0.15, -0.1) is 0 Å². The van der Waals surface area contributed by atoms with Gasteiger partial charge in [0.15, 0.2) is 0 Å². The van der Waals surface area contributed by atoms with Crippen molar-refractivity contribution >= 4 is 11.7 Å². The fourth-order valence-corrected chi connectivity index (χ4v) is 1.53. The summed E-state index contributed by atoms with van der Waals surface area (Å²) in [6.07, 6.45) is 1.53. The third-order valence-corrected chi connectivity index (χ3v) is 2.47. The number of nitrogens with zero attached hydrogens (tertiary/aromatic N) is 1. The Morgan fingerprint density at radius 2 is 2.00 bits per heavy atom. The van der Waals surface area contributed by atoms with E-state index in [-0.39, 0.29) is 5.91 Å². The van der Waals surface area contributed by atoms with Crippen LogP contribution in [0.5, 0.6) is 0 Å². The molecule has 1 amide bonds. The average Bonchev–Trinajstić information content (AvgIpc) is 2.46. The van der Waals surface area contributed by atoms with Gasteiger partial charge >= 0.3 is 0 Å². The van der Waals surface area contributed by atoms with Gasteiger partial charge in [0, 0.05) is 18.3 Å². The summed E-state index contributed by atoms with van der Waals surface area (Å²) in [7, 11) is 0. The van der Waals surface area contributed by atoms with E-state index in [0.29, 0.717) is 17.9 Å². The van der Waals surface area contributed by atoms with Crippen molar-refractivity contribution < 1.29 is 4.79 Å². The zero-order chi connectivity index (χ0) is 12.8. The van der Waals surface area contributed by atoms with Crippen LogP contribution in [-0.2, 0) is 6.54 Å². The number of hydrazine groups is 1. The molecule has 4 N–H and O–H groups in total. The fourth-order valence-electron chi connectivity index (χ4n) is 1.53. The average molecular weight is 242 g/mol. The summed E-state index contributed by atoms with van der Waals surface area (Å²) in [5.74, 6) is 5.55. The van der Waals surface area contributed by atoms with Gasteiger partial charge in [0.25, 0.3) is 5.91 Å². The molecule has 5 heteroatoms. The van der Waals surface area contributed by atoms with Crippen LogP contribution in [0.2, 0.25) is 0 Å². The van der Waals surface area contributed by atoms with Crippen molar-refractivity contribution in [3.63, 3.8) is 0 Å². The number of nitrogens with two attached hydrogens (primary N) is 1. The molecule has 92 valence electrons. The Morgan fingerprint density at radius 1 is 1.22 bits per heavy atom. The zero-order valence-corrected chi connectivity index (χ0v) is 9.76. The molecule has 0 aliphatic rings. The molecule has 0 unspecified atom stereocenters. The molecule has 0 spiro atoms. The van der Waals surface area contributed by atoms with Crippen LogP contribution in [0.3, 0.4) is 0 Å². The summed E-state index contributed by atoms with van der Waals surface area (Å²) in [4.78, 5) is 15.8. The Morgan fingerprint density at radius 3 is 2.72 bits per heavy atom. The Labute approximate surface area is 105 Å². The van der Waals surface area contributed by atoms with E-state index in [4.69, 9.17) is 5.84 Å². The smallest absolute Gasteiger partial charge is 0.251 e. The molecule has 1 heterocycles. The van der Waals surface area contributed by atoms with Crippen molar-refractivity contribution in [2.24, 2.45) is 5.84 Å². The number of nitrogens with one attached hydrogen (secondary N) is 2. The predicted molar refractivity (Wildman–Crippen MR) is 69.7 cm³/mol. The van der Waals surface area contributed by atoms with Crippen molar-refractivity contribution in [2.45, 2.75) is 6.54 Å². The second-order valence-electron chi connectivity index (χ2n) is 3.74. The highest BCUT2D eigenvalue weighted by atomic mass is 16.1. The minimum absolute atomic E-state index is 0.155. The molecule has 0 saturated carbocycles. The van der Waals surface area contributed by atoms with Crippen LogP contribution in [0.4, 0.5) is 5.82 Å². The summed E-state index contributed by atoms with van der Waals surface area (Å²) in [5.41, 5.74) is 3.98. The molecule has 0 saturated heterocycles. The lowest BCUT2D eigenvalue weighted by Gasteiger charge is -2.06. The van der Waals surface area contributed by atoms with E-state index in [9.17, 15) is 4.79 Å². The van der Waals surface area contributed by atoms with Gasteiger partial charge in [-0.3, -0.25) is 4.79 Å². The lowest BCUT2D eigenvalue weighted by molar-refractivity contribution is 0.0951. The Kier molecular flexibility index (Phi) is 3.88.